The van der Waals surface area contributed by atoms with Gasteiger partial charge in [-0.2, -0.15) is 0 Å². The van der Waals surface area contributed by atoms with Gasteiger partial charge in [0, 0.05) is 38.0 Å². The number of benzene rings is 2. The molecular formula is C18H26N2O4S2. The number of rotatable bonds is 8. The standard InChI is InChI=1S/C18H26N2O4S2/c1-5-13-19(3)25(21,22)17-11-7-10-16-15(17)9-8-12-18(16)26(23,24)20(4)14-6-2/h7-12H,5-6,13-14H2,1-4H3. The zero-order valence-corrected chi connectivity index (χ0v) is 17.3. The number of sulfonamides is 2. The lowest BCUT2D eigenvalue weighted by Gasteiger charge is -2.20. The van der Waals surface area contributed by atoms with Crippen LogP contribution in [0.5, 0.6) is 0 Å². The third-order valence-corrected chi connectivity index (χ3v) is 8.13. The van der Waals surface area contributed by atoms with Gasteiger partial charge in [0.2, 0.25) is 20.0 Å². The van der Waals surface area contributed by atoms with Gasteiger partial charge in [-0.25, -0.2) is 25.4 Å². The maximum atomic E-state index is 12.9. The van der Waals surface area contributed by atoms with Crippen LogP contribution in [0.25, 0.3) is 10.8 Å². The predicted octanol–water partition coefficient (Wildman–Crippen LogP) is 2.90. The minimum absolute atomic E-state index is 0.126. The molecule has 0 aliphatic carbocycles. The molecule has 0 saturated carbocycles. The van der Waals surface area contributed by atoms with E-state index < -0.39 is 20.0 Å². The highest BCUT2D eigenvalue weighted by atomic mass is 32.2. The van der Waals surface area contributed by atoms with Crippen molar-refractivity contribution >= 4 is 30.8 Å². The highest BCUT2D eigenvalue weighted by Crippen LogP contribution is 2.31. The van der Waals surface area contributed by atoms with Crippen LogP contribution < -0.4 is 0 Å². The van der Waals surface area contributed by atoms with Crippen molar-refractivity contribution in [3.63, 3.8) is 0 Å². The maximum absolute atomic E-state index is 12.9. The van der Waals surface area contributed by atoms with Gasteiger partial charge in [-0.05, 0) is 25.0 Å². The largest absolute Gasteiger partial charge is 0.243 e. The van der Waals surface area contributed by atoms with Gasteiger partial charge < -0.3 is 0 Å². The minimum Gasteiger partial charge on any atom is -0.207 e. The molecule has 0 aromatic heterocycles. The molecule has 0 atom stereocenters. The molecule has 0 radical (unpaired) electrons. The second-order valence-corrected chi connectivity index (χ2v) is 10.3. The molecule has 0 bridgehead atoms. The number of fused-ring (bicyclic) bond motifs is 1. The average Bonchev–Trinajstić information content (AvgIpc) is 2.60. The lowest BCUT2D eigenvalue weighted by atomic mass is 10.1. The Hall–Kier alpha value is -1.48. The predicted molar refractivity (Wildman–Crippen MR) is 104 cm³/mol. The zero-order chi connectivity index (χ0) is 19.5. The Labute approximate surface area is 156 Å². The van der Waals surface area contributed by atoms with Gasteiger partial charge in [-0.1, -0.05) is 38.1 Å². The van der Waals surface area contributed by atoms with Crippen molar-refractivity contribution in [1.29, 1.82) is 0 Å². The Balaban J connectivity index is 2.71. The lowest BCUT2D eigenvalue weighted by molar-refractivity contribution is 0.468. The van der Waals surface area contributed by atoms with Gasteiger partial charge in [-0.15, -0.1) is 0 Å². The van der Waals surface area contributed by atoms with Gasteiger partial charge >= 0.3 is 0 Å². The first kappa shape index (κ1) is 20.8. The van der Waals surface area contributed by atoms with E-state index in [0.717, 1.165) is 0 Å². The molecule has 0 N–H and O–H groups in total. The van der Waals surface area contributed by atoms with Crippen LogP contribution in [0.1, 0.15) is 26.7 Å². The van der Waals surface area contributed by atoms with E-state index in [1.807, 2.05) is 13.8 Å². The summed E-state index contributed by atoms with van der Waals surface area (Å²) >= 11 is 0. The molecule has 0 aliphatic heterocycles. The Bertz CT molecular complexity index is 904. The van der Waals surface area contributed by atoms with Crippen molar-refractivity contribution in [3.8, 4) is 0 Å². The van der Waals surface area contributed by atoms with Crippen molar-refractivity contribution in [2.75, 3.05) is 27.2 Å². The van der Waals surface area contributed by atoms with E-state index in [1.54, 1.807) is 24.3 Å². The second kappa shape index (κ2) is 8.04. The van der Waals surface area contributed by atoms with E-state index >= 15 is 0 Å². The molecule has 2 rings (SSSR count). The lowest BCUT2D eigenvalue weighted by Crippen LogP contribution is -2.28. The fraction of sp³-hybridized carbons (Fsp3) is 0.444. The van der Waals surface area contributed by atoms with Crippen LogP contribution in [-0.2, 0) is 20.0 Å². The third-order valence-electron chi connectivity index (χ3n) is 4.30. The normalized spacial score (nSPS) is 13.0. The Morgan fingerprint density at radius 2 is 1.04 bits per heavy atom. The van der Waals surface area contributed by atoms with E-state index in [4.69, 9.17) is 0 Å². The summed E-state index contributed by atoms with van der Waals surface area (Å²) in [5.74, 6) is 0. The van der Waals surface area contributed by atoms with Gasteiger partial charge in [0.1, 0.15) is 0 Å². The number of hydrogen-bond acceptors (Lipinski definition) is 4. The van der Waals surface area contributed by atoms with Crippen molar-refractivity contribution in [3.05, 3.63) is 36.4 Å². The van der Waals surface area contributed by atoms with Crippen molar-refractivity contribution in [2.45, 2.75) is 36.5 Å². The van der Waals surface area contributed by atoms with Crippen LogP contribution in [0.2, 0.25) is 0 Å². The monoisotopic (exact) mass is 398 g/mol. The topological polar surface area (TPSA) is 74.8 Å². The quantitative estimate of drug-likeness (QED) is 0.685. The van der Waals surface area contributed by atoms with Crippen LogP contribution >= 0.6 is 0 Å². The molecule has 0 spiro atoms. The molecule has 6 nitrogen and oxygen atoms in total. The summed E-state index contributed by atoms with van der Waals surface area (Å²) in [6, 6.07) is 9.54. The summed E-state index contributed by atoms with van der Waals surface area (Å²) in [6.07, 6.45) is 1.39. The van der Waals surface area contributed by atoms with Crippen LogP contribution in [0.4, 0.5) is 0 Å². The van der Waals surface area contributed by atoms with Crippen molar-refractivity contribution < 1.29 is 16.8 Å². The fourth-order valence-corrected chi connectivity index (χ4v) is 5.84. The van der Waals surface area contributed by atoms with Crippen molar-refractivity contribution in [1.82, 2.24) is 8.61 Å². The summed E-state index contributed by atoms with van der Waals surface area (Å²) in [7, 11) is -4.32. The molecule has 0 fully saturated rings. The third kappa shape index (κ3) is 3.78. The highest BCUT2D eigenvalue weighted by molar-refractivity contribution is 7.89. The average molecular weight is 399 g/mol. The van der Waals surface area contributed by atoms with E-state index in [0.29, 0.717) is 36.7 Å². The molecule has 2 aromatic rings. The van der Waals surface area contributed by atoms with Crippen LogP contribution in [0.3, 0.4) is 0 Å². The van der Waals surface area contributed by atoms with E-state index in [1.165, 1.54) is 34.8 Å². The molecular weight excluding hydrogens is 372 g/mol. The summed E-state index contributed by atoms with van der Waals surface area (Å²) in [5, 5.41) is 0.836. The molecule has 0 saturated heterocycles. The summed E-state index contributed by atoms with van der Waals surface area (Å²) in [4.78, 5) is 0.252. The molecule has 0 unspecified atom stereocenters. The molecule has 0 amide bonds. The molecule has 0 heterocycles. The Morgan fingerprint density at radius 3 is 1.35 bits per heavy atom. The molecule has 26 heavy (non-hydrogen) atoms. The van der Waals surface area contributed by atoms with Crippen LogP contribution in [0.15, 0.2) is 46.2 Å². The second-order valence-electron chi connectivity index (χ2n) is 6.26. The van der Waals surface area contributed by atoms with E-state index in [9.17, 15) is 16.8 Å². The van der Waals surface area contributed by atoms with E-state index in [-0.39, 0.29) is 9.79 Å². The van der Waals surface area contributed by atoms with Crippen molar-refractivity contribution in [2.24, 2.45) is 0 Å². The SMILES string of the molecule is CCCN(C)S(=O)(=O)c1cccc2c(S(=O)(=O)N(C)CCC)cccc12. The fourth-order valence-electron chi connectivity index (χ4n) is 2.91. The van der Waals surface area contributed by atoms with Gasteiger partial charge in [0.05, 0.1) is 9.79 Å². The van der Waals surface area contributed by atoms with Gasteiger partial charge in [0.25, 0.3) is 0 Å². The van der Waals surface area contributed by atoms with Gasteiger partial charge in [0.15, 0.2) is 0 Å². The molecule has 8 heteroatoms. The van der Waals surface area contributed by atoms with E-state index in [2.05, 4.69) is 0 Å². The molecule has 0 aliphatic rings. The Kier molecular flexibility index (Phi) is 6.44. The maximum Gasteiger partial charge on any atom is 0.243 e. The van der Waals surface area contributed by atoms with Crippen LogP contribution in [0, 0.1) is 0 Å². The summed E-state index contributed by atoms with van der Waals surface area (Å²) in [5.41, 5.74) is 0. The summed E-state index contributed by atoms with van der Waals surface area (Å²) in [6.45, 7) is 4.61. The molecule has 144 valence electrons. The highest BCUT2D eigenvalue weighted by Gasteiger charge is 2.26. The first-order valence-electron chi connectivity index (χ1n) is 8.62. The first-order valence-corrected chi connectivity index (χ1v) is 11.5. The number of hydrogen-bond donors (Lipinski definition) is 0. The number of nitrogens with zero attached hydrogens (tertiary/aromatic N) is 2. The summed E-state index contributed by atoms with van der Waals surface area (Å²) < 4.78 is 54.2. The Morgan fingerprint density at radius 1 is 0.692 bits per heavy atom. The minimum atomic E-state index is -3.70. The smallest absolute Gasteiger partial charge is 0.207 e. The van der Waals surface area contributed by atoms with Gasteiger partial charge in [-0.3, -0.25) is 0 Å². The van der Waals surface area contributed by atoms with Crippen LogP contribution in [-0.4, -0.2) is 52.6 Å². The molecule has 2 aromatic carbocycles. The first-order chi connectivity index (χ1) is 12.2. The zero-order valence-electron chi connectivity index (χ0n) is 15.6.